The van der Waals surface area contributed by atoms with Crippen molar-refractivity contribution in [1.29, 1.82) is 0 Å². The molecule has 2 aromatic rings. The molecule has 0 N–H and O–H groups in total. The molecule has 0 amide bonds. The van der Waals surface area contributed by atoms with Crippen LogP contribution in [-0.4, -0.2) is 9.13 Å². The molecule has 0 radical (unpaired) electrons. The van der Waals surface area contributed by atoms with Gasteiger partial charge in [0.25, 0.3) is 0 Å². The molecule has 0 bridgehead atoms. The predicted octanol–water partition coefficient (Wildman–Crippen LogP) is 2.60. The zero-order chi connectivity index (χ0) is 16.7. The number of nitrogens with zero attached hydrogens (tertiary/aromatic N) is 2. The topological polar surface area (TPSA) is 44.0 Å². The normalized spacial score (nSPS) is 11.2. The number of halogens is 4. The molecule has 0 aliphatic carbocycles. The van der Waals surface area contributed by atoms with Crippen molar-refractivity contribution in [2.45, 2.75) is 17.5 Å². The van der Waals surface area contributed by atoms with E-state index in [1.807, 2.05) is 0 Å². The summed E-state index contributed by atoms with van der Waals surface area (Å²) in [5.41, 5.74) is -1.62. The van der Waals surface area contributed by atoms with Crippen LogP contribution in [0, 0.1) is 13.0 Å². The van der Waals surface area contributed by atoms with Gasteiger partial charge in [-0.2, -0.15) is 36.9 Å². The summed E-state index contributed by atoms with van der Waals surface area (Å²) in [5, 5.41) is 0. The quantitative estimate of drug-likeness (QED) is 0.300. The van der Waals surface area contributed by atoms with Gasteiger partial charge in [-0.15, -0.1) is 5.56 Å². The van der Waals surface area contributed by atoms with E-state index >= 15 is 0 Å². The van der Waals surface area contributed by atoms with E-state index in [0.717, 1.165) is 17.2 Å². The van der Waals surface area contributed by atoms with Crippen molar-refractivity contribution >= 4 is 22.6 Å². The molecule has 0 aliphatic heterocycles. The standard InChI is InChI=1S/C14H11F3IN2O2.W/c1-8-5-9(7-18)3-4-10(8)20-12(21)6-11(14(15,16)17)19(2)13(20)22;/h4-6H,7H2,1-2H3;/q-1;. The summed E-state index contributed by atoms with van der Waals surface area (Å²) in [4.78, 5) is 24.2. The van der Waals surface area contributed by atoms with Gasteiger partial charge in [0.1, 0.15) is 5.69 Å². The number of aromatic nitrogens is 2. The van der Waals surface area contributed by atoms with Crippen LogP contribution in [0.3, 0.4) is 0 Å². The van der Waals surface area contributed by atoms with Crippen molar-refractivity contribution in [3.8, 4) is 5.69 Å². The summed E-state index contributed by atoms with van der Waals surface area (Å²) in [6.45, 7) is 1.68. The van der Waals surface area contributed by atoms with Crippen LogP contribution in [0.25, 0.3) is 5.69 Å². The average Bonchev–Trinajstić information content (AvgIpc) is 2.43. The molecule has 0 saturated heterocycles. The first-order valence-electron chi connectivity index (χ1n) is 6.14. The van der Waals surface area contributed by atoms with E-state index in [-0.39, 0.29) is 26.8 Å². The van der Waals surface area contributed by atoms with Gasteiger partial charge < -0.3 is 0 Å². The van der Waals surface area contributed by atoms with Gasteiger partial charge in [0.05, 0.1) is 0 Å². The summed E-state index contributed by atoms with van der Waals surface area (Å²) >= 11 is 2.14. The number of hydrogen-bond donors (Lipinski definition) is 0. The van der Waals surface area contributed by atoms with Crippen molar-refractivity contribution in [2.75, 3.05) is 0 Å². The second-order valence-electron chi connectivity index (χ2n) is 4.70. The second kappa shape index (κ2) is 7.34. The van der Waals surface area contributed by atoms with E-state index < -0.39 is 23.1 Å². The van der Waals surface area contributed by atoms with Gasteiger partial charge >= 0.3 is 11.9 Å². The van der Waals surface area contributed by atoms with Gasteiger partial charge in [-0.1, -0.05) is 35.2 Å². The van der Waals surface area contributed by atoms with Crippen molar-refractivity contribution in [3.05, 3.63) is 61.9 Å². The molecule has 0 fully saturated rings. The maximum absolute atomic E-state index is 12.8. The van der Waals surface area contributed by atoms with E-state index in [0.29, 0.717) is 20.6 Å². The molecule has 0 unspecified atom stereocenters. The van der Waals surface area contributed by atoms with E-state index in [2.05, 4.69) is 28.7 Å². The summed E-state index contributed by atoms with van der Waals surface area (Å²) in [5.74, 6) is 0. The van der Waals surface area contributed by atoms with Crippen LogP contribution >= 0.6 is 22.6 Å². The molecule has 1 aromatic carbocycles. The fourth-order valence-electron chi connectivity index (χ4n) is 2.09. The fraction of sp³-hybridized carbons (Fsp3) is 0.286. The molecule has 1 heterocycles. The Morgan fingerprint density at radius 1 is 1.26 bits per heavy atom. The van der Waals surface area contributed by atoms with E-state index in [1.54, 1.807) is 13.0 Å². The van der Waals surface area contributed by atoms with E-state index in [9.17, 15) is 22.8 Å². The first-order valence-corrected chi connectivity index (χ1v) is 7.67. The molecule has 0 saturated carbocycles. The van der Waals surface area contributed by atoms with Gasteiger partial charge in [-0.05, 0) is 0 Å². The molecule has 0 spiro atoms. The Labute approximate surface area is 157 Å². The third-order valence-corrected chi connectivity index (χ3v) is 4.01. The van der Waals surface area contributed by atoms with Crippen LogP contribution in [0.5, 0.6) is 0 Å². The van der Waals surface area contributed by atoms with E-state index in [4.69, 9.17) is 0 Å². The number of benzene rings is 1. The molecule has 0 aliphatic rings. The fourth-order valence-corrected chi connectivity index (χ4v) is 2.53. The summed E-state index contributed by atoms with van der Waals surface area (Å²) in [6, 6.07) is 6.52. The molecule has 2 rings (SSSR count). The van der Waals surface area contributed by atoms with Crippen molar-refractivity contribution in [2.24, 2.45) is 7.05 Å². The maximum atomic E-state index is 12.8. The number of rotatable bonds is 2. The minimum Gasteiger partial charge on any atom is -0.293 e. The van der Waals surface area contributed by atoms with Gasteiger partial charge in [0, 0.05) is 38.6 Å². The third-order valence-electron chi connectivity index (χ3n) is 3.18. The molecule has 23 heavy (non-hydrogen) atoms. The molecule has 4 nitrogen and oxygen atoms in total. The molecule has 1 aromatic heterocycles. The average molecular weight is 607 g/mol. The van der Waals surface area contributed by atoms with E-state index in [1.165, 1.54) is 6.07 Å². The maximum Gasteiger partial charge on any atom is 0.431 e. The molecule has 124 valence electrons. The van der Waals surface area contributed by atoms with Crippen molar-refractivity contribution in [1.82, 2.24) is 9.13 Å². The van der Waals surface area contributed by atoms with Crippen molar-refractivity contribution < 1.29 is 34.2 Å². The van der Waals surface area contributed by atoms with Gasteiger partial charge in [0.15, 0.2) is 0 Å². The first-order chi connectivity index (χ1) is 10.2. The Morgan fingerprint density at radius 2 is 1.87 bits per heavy atom. The van der Waals surface area contributed by atoms with Crippen LogP contribution in [0.1, 0.15) is 16.8 Å². The Morgan fingerprint density at radius 3 is 2.35 bits per heavy atom. The van der Waals surface area contributed by atoms with Crippen LogP contribution in [-0.2, 0) is 38.7 Å². The minimum atomic E-state index is -4.77. The van der Waals surface area contributed by atoms with Crippen molar-refractivity contribution in [3.63, 3.8) is 0 Å². The molecule has 9 heteroatoms. The van der Waals surface area contributed by atoms with Gasteiger partial charge in [0.2, 0.25) is 5.56 Å². The van der Waals surface area contributed by atoms with Crippen LogP contribution in [0.4, 0.5) is 13.2 Å². The Kier molecular flexibility index (Phi) is 6.43. The van der Waals surface area contributed by atoms with Gasteiger partial charge in [-0.3, -0.25) is 13.9 Å². The first kappa shape index (κ1) is 20.2. The molecule has 0 atom stereocenters. The van der Waals surface area contributed by atoms with Gasteiger partial charge in [-0.25, -0.2) is 4.79 Å². The smallest absolute Gasteiger partial charge is 0.293 e. The third kappa shape index (κ3) is 3.96. The Bertz CT molecular complexity index is 843. The summed E-state index contributed by atoms with van der Waals surface area (Å²) in [6.07, 6.45) is -4.77. The van der Waals surface area contributed by atoms with Crippen LogP contribution < -0.4 is 11.2 Å². The largest absolute Gasteiger partial charge is 0.431 e. The number of alkyl halides is 4. The number of aryl methyl sites for hydroxylation is 1. The minimum absolute atomic E-state index is 0. The summed E-state index contributed by atoms with van der Waals surface area (Å²) < 4.78 is 40.3. The van der Waals surface area contributed by atoms with Crippen LogP contribution in [0.2, 0.25) is 0 Å². The summed E-state index contributed by atoms with van der Waals surface area (Å²) in [7, 11) is 0.985. The SMILES string of the molecule is Cc1cc(CI)[c-]cc1-n1c(=O)cc(C(F)(F)F)n(C)c1=O.[W]. The molecular formula is C14H11F3IN2O2W-. The predicted molar refractivity (Wildman–Crippen MR) is 83.6 cm³/mol. The Balaban J connectivity index is 0.00000264. The number of hydrogen-bond acceptors (Lipinski definition) is 2. The second-order valence-corrected chi connectivity index (χ2v) is 5.47. The monoisotopic (exact) mass is 607 g/mol. The zero-order valence-electron chi connectivity index (χ0n) is 12.1. The zero-order valence-corrected chi connectivity index (χ0v) is 17.2. The molecular weight excluding hydrogens is 596 g/mol. The van der Waals surface area contributed by atoms with Crippen LogP contribution in [0.15, 0.2) is 27.8 Å². The Hall–Kier alpha value is -0.892.